The molecule has 27 heavy (non-hydrogen) atoms. The normalized spacial score (nSPS) is 12.0. The maximum Gasteiger partial charge on any atom is 0.319 e. The zero-order valence-electron chi connectivity index (χ0n) is 15.6. The van der Waals surface area contributed by atoms with Gasteiger partial charge < -0.3 is 16.0 Å². The molecule has 0 radical (unpaired) electrons. The zero-order chi connectivity index (χ0) is 19.4. The lowest BCUT2D eigenvalue weighted by Gasteiger charge is -2.13. The highest BCUT2D eigenvalue weighted by Gasteiger charge is 2.11. The number of carbonyl (C=O) groups excluding carboxylic acids is 2. The molecule has 0 aliphatic carbocycles. The van der Waals surface area contributed by atoms with Gasteiger partial charge in [0.05, 0.1) is 12.2 Å². The van der Waals surface area contributed by atoms with Crippen molar-refractivity contribution in [3.8, 4) is 0 Å². The molecule has 0 fully saturated rings. The van der Waals surface area contributed by atoms with E-state index < -0.39 is 0 Å². The van der Waals surface area contributed by atoms with Crippen molar-refractivity contribution in [3.05, 3.63) is 52.8 Å². The van der Waals surface area contributed by atoms with Crippen molar-refractivity contribution in [1.82, 2.24) is 20.0 Å². The third kappa shape index (κ3) is 4.65. The van der Waals surface area contributed by atoms with Crippen LogP contribution in [0.15, 0.2) is 36.0 Å². The molecule has 0 aliphatic rings. The van der Waals surface area contributed by atoms with Crippen LogP contribution < -0.4 is 16.0 Å². The predicted molar refractivity (Wildman–Crippen MR) is 107 cm³/mol. The zero-order valence-corrected chi connectivity index (χ0v) is 16.4. The second-order valence-electron chi connectivity index (χ2n) is 6.45. The van der Waals surface area contributed by atoms with Crippen molar-refractivity contribution in [1.29, 1.82) is 0 Å². The maximum atomic E-state index is 12.2. The molecule has 3 rings (SSSR count). The van der Waals surface area contributed by atoms with Crippen molar-refractivity contribution < 1.29 is 9.59 Å². The highest BCUT2D eigenvalue weighted by molar-refractivity contribution is 7.15. The van der Waals surface area contributed by atoms with Crippen LogP contribution in [-0.4, -0.2) is 27.4 Å². The molecule has 1 unspecified atom stereocenters. The predicted octanol–water partition coefficient (Wildman–Crippen LogP) is 3.55. The quantitative estimate of drug-likeness (QED) is 0.606. The topological polar surface area (TPSA) is 87.5 Å². The second kappa shape index (κ2) is 8.22. The van der Waals surface area contributed by atoms with E-state index >= 15 is 0 Å². The summed E-state index contributed by atoms with van der Waals surface area (Å²) in [5.41, 5.74) is 2.87. The first kappa shape index (κ1) is 18.9. The van der Waals surface area contributed by atoms with E-state index in [2.05, 4.69) is 20.9 Å². The Bertz CT molecular complexity index is 934. The number of hydrogen-bond acceptors (Lipinski definition) is 4. The van der Waals surface area contributed by atoms with E-state index in [1.807, 2.05) is 42.9 Å². The van der Waals surface area contributed by atoms with Crippen molar-refractivity contribution in [2.45, 2.75) is 39.8 Å². The van der Waals surface area contributed by atoms with Gasteiger partial charge in [0.25, 0.3) is 5.91 Å². The van der Waals surface area contributed by atoms with Gasteiger partial charge >= 0.3 is 6.03 Å². The minimum absolute atomic E-state index is 0.108. The smallest absolute Gasteiger partial charge is 0.319 e. The van der Waals surface area contributed by atoms with Gasteiger partial charge in [-0.2, -0.15) is 0 Å². The summed E-state index contributed by atoms with van der Waals surface area (Å²) in [7, 11) is 0. The van der Waals surface area contributed by atoms with Crippen LogP contribution in [0.2, 0.25) is 0 Å². The Kier molecular flexibility index (Phi) is 5.75. The molecule has 8 heteroatoms. The number of anilines is 1. The van der Waals surface area contributed by atoms with Crippen LogP contribution in [-0.2, 0) is 6.54 Å². The molecule has 2 heterocycles. The van der Waals surface area contributed by atoms with Crippen LogP contribution in [0.3, 0.4) is 0 Å². The molecule has 0 spiro atoms. The molecule has 0 aliphatic heterocycles. The molecule has 2 aromatic heterocycles. The second-order valence-corrected chi connectivity index (χ2v) is 7.32. The van der Waals surface area contributed by atoms with Gasteiger partial charge in [0.15, 0.2) is 4.96 Å². The van der Waals surface area contributed by atoms with Crippen LogP contribution in [0.4, 0.5) is 10.5 Å². The van der Waals surface area contributed by atoms with E-state index in [0.717, 1.165) is 22.6 Å². The van der Waals surface area contributed by atoms with Gasteiger partial charge in [0.1, 0.15) is 0 Å². The molecule has 142 valence electrons. The first-order chi connectivity index (χ1) is 13.0. The number of aromatic nitrogens is 2. The Morgan fingerprint density at radius 3 is 2.85 bits per heavy atom. The number of rotatable bonds is 6. The van der Waals surface area contributed by atoms with E-state index in [0.29, 0.717) is 17.8 Å². The number of imidazole rings is 1. The van der Waals surface area contributed by atoms with Gasteiger partial charge in [0, 0.05) is 35.1 Å². The number of nitrogens with zero attached hydrogens (tertiary/aromatic N) is 2. The molecule has 1 atom stereocenters. The third-order valence-electron chi connectivity index (χ3n) is 4.30. The lowest BCUT2D eigenvalue weighted by molar-refractivity contribution is 0.0939. The van der Waals surface area contributed by atoms with Gasteiger partial charge in [-0.05, 0) is 44.0 Å². The molecule has 7 nitrogen and oxygen atoms in total. The molecular weight excluding hydrogens is 362 g/mol. The summed E-state index contributed by atoms with van der Waals surface area (Å²) in [6.07, 6.45) is 4.69. The minimum Gasteiger partial charge on any atom is -0.350 e. The van der Waals surface area contributed by atoms with Crippen LogP contribution in [0, 0.1) is 6.92 Å². The van der Waals surface area contributed by atoms with Crippen molar-refractivity contribution >= 4 is 33.9 Å². The van der Waals surface area contributed by atoms with Gasteiger partial charge in [-0.25, -0.2) is 9.78 Å². The lowest BCUT2D eigenvalue weighted by Crippen LogP contribution is -2.32. The average molecular weight is 385 g/mol. The van der Waals surface area contributed by atoms with E-state index in [9.17, 15) is 9.59 Å². The number of nitrogens with one attached hydrogen (secondary N) is 3. The summed E-state index contributed by atoms with van der Waals surface area (Å²) in [4.78, 5) is 29.7. The minimum atomic E-state index is -0.314. The molecule has 3 amide bonds. The molecule has 3 aromatic rings. The summed E-state index contributed by atoms with van der Waals surface area (Å²) in [5.74, 6) is -0.108. The highest BCUT2D eigenvalue weighted by atomic mass is 32.1. The van der Waals surface area contributed by atoms with Crippen LogP contribution >= 0.6 is 11.3 Å². The van der Waals surface area contributed by atoms with Crippen LogP contribution in [0.25, 0.3) is 4.96 Å². The van der Waals surface area contributed by atoms with Gasteiger partial charge in [-0.15, -0.1) is 11.3 Å². The van der Waals surface area contributed by atoms with Crippen LogP contribution in [0.1, 0.15) is 41.9 Å². The Labute approximate surface area is 161 Å². The molecule has 0 saturated carbocycles. The number of benzene rings is 1. The van der Waals surface area contributed by atoms with E-state index in [1.165, 1.54) is 0 Å². The molecular formula is C19H23N5O2S. The largest absolute Gasteiger partial charge is 0.350 e. The fourth-order valence-electron chi connectivity index (χ4n) is 2.55. The molecule has 3 N–H and O–H groups in total. The fourth-order valence-corrected chi connectivity index (χ4v) is 3.27. The summed E-state index contributed by atoms with van der Waals surface area (Å²) >= 11 is 1.55. The van der Waals surface area contributed by atoms with Gasteiger partial charge in [-0.1, -0.05) is 6.92 Å². The third-order valence-corrected chi connectivity index (χ3v) is 5.07. The molecule has 1 aromatic carbocycles. The van der Waals surface area contributed by atoms with Crippen molar-refractivity contribution in [2.75, 3.05) is 5.32 Å². The number of carbonyl (C=O) groups is 2. The van der Waals surface area contributed by atoms with Gasteiger partial charge in [-0.3, -0.25) is 9.20 Å². The Morgan fingerprint density at radius 1 is 1.33 bits per heavy atom. The Morgan fingerprint density at radius 2 is 2.15 bits per heavy atom. The number of hydrogen-bond donors (Lipinski definition) is 3. The van der Waals surface area contributed by atoms with Crippen molar-refractivity contribution in [2.24, 2.45) is 0 Å². The Balaban J connectivity index is 1.57. The summed E-state index contributed by atoms with van der Waals surface area (Å²) in [5, 5.41) is 10.5. The first-order valence-corrected chi connectivity index (χ1v) is 9.71. The van der Waals surface area contributed by atoms with Crippen LogP contribution in [0.5, 0.6) is 0 Å². The Hall–Kier alpha value is -2.87. The standard InChI is InChI=1S/C19H23N5O2S/c1-4-13(3)21-17(25)14-5-6-16(12(2)9-14)23-18(26)20-10-15-11-24-7-8-27-19(24)22-15/h5-9,11,13H,4,10H2,1-3H3,(H,21,25)(H2,20,23,26). The number of thiazole rings is 1. The molecule has 0 bridgehead atoms. The highest BCUT2D eigenvalue weighted by Crippen LogP contribution is 2.17. The fraction of sp³-hybridized carbons (Fsp3) is 0.316. The van der Waals surface area contributed by atoms with E-state index in [-0.39, 0.29) is 18.0 Å². The number of urea groups is 1. The number of aryl methyl sites for hydroxylation is 1. The monoisotopic (exact) mass is 385 g/mol. The number of fused-ring (bicyclic) bond motifs is 1. The summed E-state index contributed by atoms with van der Waals surface area (Å²) < 4.78 is 1.92. The lowest BCUT2D eigenvalue weighted by atomic mass is 10.1. The average Bonchev–Trinajstić information content (AvgIpc) is 3.23. The maximum absolute atomic E-state index is 12.2. The molecule has 0 saturated heterocycles. The first-order valence-electron chi connectivity index (χ1n) is 8.83. The summed E-state index contributed by atoms with van der Waals surface area (Å²) in [6.45, 7) is 6.19. The van der Waals surface area contributed by atoms with Gasteiger partial charge in [0.2, 0.25) is 0 Å². The van der Waals surface area contributed by atoms with Crippen molar-refractivity contribution in [3.63, 3.8) is 0 Å². The SMILES string of the molecule is CCC(C)NC(=O)c1ccc(NC(=O)NCc2cn3ccsc3n2)c(C)c1. The van der Waals surface area contributed by atoms with E-state index in [1.54, 1.807) is 29.5 Å². The summed E-state index contributed by atoms with van der Waals surface area (Å²) in [6, 6.07) is 5.04. The number of amides is 3. The van der Waals surface area contributed by atoms with E-state index in [4.69, 9.17) is 0 Å².